The smallest absolute Gasteiger partial charge is 0.319 e. The Balaban J connectivity index is 1.52. The standard InChI is InChI=1S/C17H19FN4O2/c1-21-9-2-3-15(21)16(23)22-10-8-14(11-22)20-17(24)19-13-6-4-12(18)5-7-13/h2-7,9,14H,8,10-11H2,1H3,(H2,19,20,24). The molecule has 7 heteroatoms. The molecule has 1 unspecified atom stereocenters. The predicted octanol–water partition coefficient (Wildman–Crippen LogP) is 2.20. The summed E-state index contributed by atoms with van der Waals surface area (Å²) in [4.78, 5) is 26.1. The van der Waals surface area contributed by atoms with E-state index in [2.05, 4.69) is 10.6 Å². The summed E-state index contributed by atoms with van der Waals surface area (Å²) in [5.41, 5.74) is 1.15. The highest BCUT2D eigenvalue weighted by Crippen LogP contribution is 2.14. The lowest BCUT2D eigenvalue weighted by molar-refractivity contribution is 0.0780. The number of urea groups is 1. The van der Waals surface area contributed by atoms with Gasteiger partial charge in [0.2, 0.25) is 0 Å². The van der Waals surface area contributed by atoms with Crippen molar-refractivity contribution in [3.63, 3.8) is 0 Å². The summed E-state index contributed by atoms with van der Waals surface area (Å²) in [6.07, 6.45) is 2.53. The molecule has 24 heavy (non-hydrogen) atoms. The zero-order valence-electron chi connectivity index (χ0n) is 13.3. The van der Waals surface area contributed by atoms with E-state index in [-0.39, 0.29) is 23.8 Å². The van der Waals surface area contributed by atoms with Crippen LogP contribution in [0.3, 0.4) is 0 Å². The van der Waals surface area contributed by atoms with Gasteiger partial charge in [-0.1, -0.05) is 0 Å². The third kappa shape index (κ3) is 3.56. The Morgan fingerprint density at radius 1 is 1.21 bits per heavy atom. The van der Waals surface area contributed by atoms with Crippen LogP contribution in [-0.2, 0) is 7.05 Å². The number of nitrogens with zero attached hydrogens (tertiary/aromatic N) is 2. The van der Waals surface area contributed by atoms with E-state index in [0.29, 0.717) is 30.9 Å². The Hall–Kier alpha value is -2.83. The van der Waals surface area contributed by atoms with Crippen molar-refractivity contribution in [1.29, 1.82) is 0 Å². The number of halogens is 1. The Bertz CT molecular complexity index is 741. The van der Waals surface area contributed by atoms with Crippen molar-refractivity contribution in [3.8, 4) is 0 Å². The number of carbonyl (C=O) groups is 2. The lowest BCUT2D eigenvalue weighted by Gasteiger charge is -2.17. The number of carbonyl (C=O) groups excluding carboxylic acids is 2. The molecule has 6 nitrogen and oxygen atoms in total. The summed E-state index contributed by atoms with van der Waals surface area (Å²) in [6, 6.07) is 8.70. The van der Waals surface area contributed by atoms with Gasteiger partial charge in [0.05, 0.1) is 0 Å². The Labute approximate surface area is 139 Å². The zero-order valence-corrected chi connectivity index (χ0v) is 13.3. The molecule has 3 rings (SSSR count). The fourth-order valence-corrected chi connectivity index (χ4v) is 2.79. The molecule has 126 valence electrons. The second kappa shape index (κ2) is 6.74. The molecule has 1 aliphatic rings. The van der Waals surface area contributed by atoms with Crippen molar-refractivity contribution >= 4 is 17.6 Å². The first kappa shape index (κ1) is 16.0. The zero-order chi connectivity index (χ0) is 17.1. The van der Waals surface area contributed by atoms with Crippen LogP contribution in [0, 0.1) is 5.82 Å². The molecular formula is C17H19FN4O2. The quantitative estimate of drug-likeness (QED) is 0.906. The lowest BCUT2D eigenvalue weighted by atomic mass is 10.2. The van der Waals surface area contributed by atoms with Crippen LogP contribution in [0.25, 0.3) is 0 Å². The summed E-state index contributed by atoms with van der Waals surface area (Å²) < 4.78 is 14.6. The van der Waals surface area contributed by atoms with E-state index < -0.39 is 0 Å². The first-order valence-electron chi connectivity index (χ1n) is 7.76. The second-order valence-corrected chi connectivity index (χ2v) is 5.85. The normalized spacial score (nSPS) is 16.9. The van der Waals surface area contributed by atoms with Crippen LogP contribution in [0.1, 0.15) is 16.9 Å². The van der Waals surface area contributed by atoms with Gasteiger partial charge in [0, 0.05) is 38.1 Å². The maximum absolute atomic E-state index is 12.8. The number of rotatable bonds is 3. The van der Waals surface area contributed by atoms with Crippen molar-refractivity contribution < 1.29 is 14.0 Å². The topological polar surface area (TPSA) is 66.4 Å². The maximum Gasteiger partial charge on any atom is 0.319 e. The first-order chi connectivity index (χ1) is 11.5. The molecule has 1 saturated heterocycles. The van der Waals surface area contributed by atoms with E-state index in [1.807, 2.05) is 19.3 Å². The van der Waals surface area contributed by atoms with E-state index in [4.69, 9.17) is 0 Å². The molecule has 0 spiro atoms. The number of aryl methyl sites for hydroxylation is 1. The Morgan fingerprint density at radius 3 is 2.62 bits per heavy atom. The van der Waals surface area contributed by atoms with Gasteiger partial charge in [0.25, 0.3) is 5.91 Å². The van der Waals surface area contributed by atoms with E-state index in [1.165, 1.54) is 24.3 Å². The van der Waals surface area contributed by atoms with Gasteiger partial charge in [-0.15, -0.1) is 0 Å². The number of aromatic nitrogens is 1. The molecule has 1 fully saturated rings. The average molecular weight is 330 g/mol. The van der Waals surface area contributed by atoms with Crippen LogP contribution in [0.2, 0.25) is 0 Å². The minimum atomic E-state index is -0.361. The molecule has 1 aliphatic heterocycles. The molecule has 0 radical (unpaired) electrons. The van der Waals surface area contributed by atoms with Gasteiger partial charge in [-0.3, -0.25) is 4.79 Å². The highest BCUT2D eigenvalue weighted by molar-refractivity contribution is 5.93. The van der Waals surface area contributed by atoms with Gasteiger partial charge in [-0.2, -0.15) is 0 Å². The number of amides is 3. The number of likely N-dealkylation sites (tertiary alicyclic amines) is 1. The Morgan fingerprint density at radius 2 is 1.96 bits per heavy atom. The molecule has 2 heterocycles. The van der Waals surface area contributed by atoms with Crippen molar-refractivity contribution in [2.24, 2.45) is 7.05 Å². The third-order valence-corrected chi connectivity index (χ3v) is 4.08. The Kier molecular flexibility index (Phi) is 4.50. The highest BCUT2D eigenvalue weighted by atomic mass is 19.1. The molecular weight excluding hydrogens is 311 g/mol. The summed E-state index contributed by atoms with van der Waals surface area (Å²) in [5.74, 6) is -0.391. The minimum Gasteiger partial charge on any atom is -0.347 e. The molecule has 2 N–H and O–H groups in total. The number of hydrogen-bond donors (Lipinski definition) is 2. The van der Waals surface area contributed by atoms with Gasteiger partial charge in [0.15, 0.2) is 0 Å². The molecule has 1 aromatic carbocycles. The minimum absolute atomic E-state index is 0.0363. The van der Waals surface area contributed by atoms with Crippen LogP contribution in [-0.4, -0.2) is 40.5 Å². The molecule has 1 aromatic heterocycles. The van der Waals surface area contributed by atoms with E-state index in [0.717, 1.165) is 0 Å². The summed E-state index contributed by atoms with van der Waals surface area (Å²) >= 11 is 0. The van der Waals surface area contributed by atoms with E-state index in [9.17, 15) is 14.0 Å². The van der Waals surface area contributed by atoms with Crippen LogP contribution in [0.4, 0.5) is 14.9 Å². The van der Waals surface area contributed by atoms with Crippen molar-refractivity contribution in [3.05, 3.63) is 54.1 Å². The van der Waals surface area contributed by atoms with Gasteiger partial charge < -0.3 is 20.1 Å². The average Bonchev–Trinajstić information content (AvgIpc) is 3.18. The molecule has 0 aliphatic carbocycles. The van der Waals surface area contributed by atoms with E-state index in [1.54, 1.807) is 15.5 Å². The first-order valence-corrected chi connectivity index (χ1v) is 7.76. The number of hydrogen-bond acceptors (Lipinski definition) is 2. The maximum atomic E-state index is 12.8. The molecule has 3 amide bonds. The van der Waals surface area contributed by atoms with Crippen molar-refractivity contribution in [1.82, 2.24) is 14.8 Å². The van der Waals surface area contributed by atoms with Crippen molar-refractivity contribution in [2.45, 2.75) is 12.5 Å². The molecule has 2 aromatic rings. The monoisotopic (exact) mass is 330 g/mol. The highest BCUT2D eigenvalue weighted by Gasteiger charge is 2.28. The van der Waals surface area contributed by atoms with Gasteiger partial charge in [-0.25, -0.2) is 9.18 Å². The van der Waals surface area contributed by atoms with Gasteiger partial charge in [0.1, 0.15) is 11.5 Å². The molecule has 0 saturated carbocycles. The summed E-state index contributed by atoms with van der Waals surface area (Å²) in [5, 5.41) is 5.49. The second-order valence-electron chi connectivity index (χ2n) is 5.85. The lowest BCUT2D eigenvalue weighted by Crippen LogP contribution is -2.40. The number of benzene rings is 1. The van der Waals surface area contributed by atoms with Crippen LogP contribution >= 0.6 is 0 Å². The van der Waals surface area contributed by atoms with Crippen LogP contribution in [0.5, 0.6) is 0 Å². The third-order valence-electron chi connectivity index (χ3n) is 4.08. The fraction of sp³-hybridized carbons (Fsp3) is 0.294. The van der Waals surface area contributed by atoms with E-state index >= 15 is 0 Å². The van der Waals surface area contributed by atoms with Gasteiger partial charge in [-0.05, 0) is 42.8 Å². The van der Waals surface area contributed by atoms with Crippen LogP contribution in [0.15, 0.2) is 42.6 Å². The predicted molar refractivity (Wildman–Crippen MR) is 88.3 cm³/mol. The number of nitrogens with one attached hydrogen (secondary N) is 2. The summed E-state index contributed by atoms with van der Waals surface area (Å²) in [6.45, 7) is 1.08. The fourth-order valence-electron chi connectivity index (χ4n) is 2.79. The molecule has 1 atom stereocenters. The molecule has 0 bridgehead atoms. The van der Waals surface area contributed by atoms with Gasteiger partial charge >= 0.3 is 6.03 Å². The van der Waals surface area contributed by atoms with Crippen LogP contribution < -0.4 is 10.6 Å². The number of anilines is 1. The SMILES string of the molecule is Cn1cccc1C(=O)N1CCC(NC(=O)Nc2ccc(F)cc2)C1. The summed E-state index contributed by atoms with van der Waals surface area (Å²) in [7, 11) is 1.83. The largest absolute Gasteiger partial charge is 0.347 e. The van der Waals surface area contributed by atoms with Crippen molar-refractivity contribution in [2.75, 3.05) is 18.4 Å².